The predicted octanol–water partition coefficient (Wildman–Crippen LogP) is 4.40. The second-order valence-corrected chi connectivity index (χ2v) is 8.48. The Labute approximate surface area is 185 Å². The molecule has 0 saturated carbocycles. The van der Waals surface area contributed by atoms with Crippen LogP contribution >= 0.6 is 0 Å². The Morgan fingerprint density at radius 3 is 1.60 bits per heavy atom. The van der Waals surface area contributed by atoms with Crippen LogP contribution in [0.5, 0.6) is 0 Å². The van der Waals surface area contributed by atoms with Gasteiger partial charge in [0.15, 0.2) is 0 Å². The summed E-state index contributed by atoms with van der Waals surface area (Å²) in [4.78, 5) is 0. The zero-order valence-electron chi connectivity index (χ0n) is 19.1. The molecule has 0 spiro atoms. The zero-order valence-corrected chi connectivity index (χ0v) is 19.9. The topological polar surface area (TPSA) is 116 Å². The normalized spacial score (nSPS) is 11.6. The molecule has 0 unspecified atom stereocenters. The number of aliphatic hydroxyl groups excluding tert-OH is 2. The van der Waals surface area contributed by atoms with Gasteiger partial charge in [-0.15, -0.1) is 0 Å². The molecular weight excluding hydrogens is 406 g/mol. The summed E-state index contributed by atoms with van der Waals surface area (Å²) < 4.78 is 33.3. The van der Waals surface area contributed by atoms with Crippen LogP contribution in [0.15, 0.2) is 12.2 Å². The Kier molecular flexibility index (Phi) is 28.0. The maximum atomic E-state index is 10.3. The summed E-state index contributed by atoms with van der Waals surface area (Å²) in [5.41, 5.74) is 0. The minimum atomic E-state index is -4.25. The van der Waals surface area contributed by atoms with Gasteiger partial charge >= 0.3 is 10.4 Å². The van der Waals surface area contributed by atoms with Crippen LogP contribution in [0.1, 0.15) is 96.8 Å². The van der Waals surface area contributed by atoms with Crippen molar-refractivity contribution in [3.63, 3.8) is 0 Å². The fraction of sp³-hybridized carbons (Fsp3) is 0.909. The van der Waals surface area contributed by atoms with Gasteiger partial charge in [0.1, 0.15) is 0 Å². The van der Waals surface area contributed by atoms with E-state index in [9.17, 15) is 8.42 Å². The van der Waals surface area contributed by atoms with Gasteiger partial charge in [-0.1, -0.05) is 76.9 Å². The molecule has 8 heteroatoms. The van der Waals surface area contributed by atoms with E-state index in [2.05, 4.69) is 28.6 Å². The van der Waals surface area contributed by atoms with E-state index in [0.717, 1.165) is 12.8 Å². The van der Waals surface area contributed by atoms with Crippen LogP contribution in [-0.2, 0) is 14.6 Å². The lowest BCUT2D eigenvalue weighted by atomic mass is 10.1. The van der Waals surface area contributed by atoms with Gasteiger partial charge in [-0.3, -0.25) is 4.55 Å². The van der Waals surface area contributed by atoms with E-state index in [4.69, 9.17) is 14.8 Å². The Balaban J connectivity index is 0. The first kappa shape index (κ1) is 31.7. The first-order valence-corrected chi connectivity index (χ1v) is 13.0. The molecule has 0 aromatic rings. The zero-order chi connectivity index (χ0) is 22.8. The summed E-state index contributed by atoms with van der Waals surface area (Å²) >= 11 is 0. The first-order chi connectivity index (χ1) is 14.5. The fourth-order valence-electron chi connectivity index (χ4n) is 2.80. The molecule has 0 heterocycles. The number of aliphatic hydroxyl groups is 2. The highest BCUT2D eigenvalue weighted by atomic mass is 32.3. The van der Waals surface area contributed by atoms with E-state index in [1.54, 1.807) is 0 Å². The van der Waals surface area contributed by atoms with Gasteiger partial charge in [-0.2, -0.15) is 8.42 Å². The molecule has 30 heavy (non-hydrogen) atoms. The molecule has 0 rings (SSSR count). The third-order valence-corrected chi connectivity index (χ3v) is 4.93. The Morgan fingerprint density at radius 2 is 1.17 bits per heavy atom. The second kappa shape index (κ2) is 26.5. The third kappa shape index (κ3) is 35.0. The van der Waals surface area contributed by atoms with E-state index in [0.29, 0.717) is 19.5 Å². The summed E-state index contributed by atoms with van der Waals surface area (Å²) in [6.45, 7) is 3.75. The summed E-state index contributed by atoms with van der Waals surface area (Å²) in [7, 11) is -4.25. The number of rotatable bonds is 21. The van der Waals surface area contributed by atoms with E-state index in [1.165, 1.54) is 70.6 Å². The molecule has 0 bridgehead atoms. The Morgan fingerprint density at radius 1 is 0.733 bits per heavy atom. The van der Waals surface area contributed by atoms with Crippen LogP contribution in [0.4, 0.5) is 0 Å². The van der Waals surface area contributed by atoms with Crippen molar-refractivity contribution in [2.75, 3.05) is 32.9 Å². The molecule has 0 aromatic heterocycles. The summed E-state index contributed by atoms with van der Waals surface area (Å²) in [5.74, 6) is 0. The SMILES string of the molecule is CCCCCCCCC=CCCCCCCCCOS(=O)(=O)O.OCCNCCO. The molecule has 7 nitrogen and oxygen atoms in total. The molecule has 0 aliphatic rings. The lowest BCUT2D eigenvalue weighted by Gasteiger charge is -2.01. The van der Waals surface area contributed by atoms with Gasteiger partial charge in [-0.05, 0) is 32.1 Å². The van der Waals surface area contributed by atoms with Gasteiger partial charge in [0.05, 0.1) is 19.8 Å². The number of allylic oxidation sites excluding steroid dienone is 2. The predicted molar refractivity (Wildman–Crippen MR) is 124 cm³/mol. The first-order valence-electron chi connectivity index (χ1n) is 11.7. The standard InChI is InChI=1S/C18H36O4S.C4H11NO2/c1-2-3-4-5-6-7-8-9-10-11-12-13-14-15-16-17-18-22-23(19,20)21;6-3-1-5-2-4-7/h9-10H,2-8,11-18H2,1H3,(H,19,20,21);5-7H,1-4H2. The minimum Gasteiger partial charge on any atom is -0.395 e. The highest BCUT2D eigenvalue weighted by molar-refractivity contribution is 7.80. The van der Waals surface area contributed by atoms with Crippen molar-refractivity contribution >= 4 is 10.4 Å². The van der Waals surface area contributed by atoms with Crippen molar-refractivity contribution < 1.29 is 27.4 Å². The highest BCUT2D eigenvalue weighted by Crippen LogP contribution is 2.10. The van der Waals surface area contributed by atoms with Crippen molar-refractivity contribution in [2.24, 2.45) is 0 Å². The van der Waals surface area contributed by atoms with Crippen molar-refractivity contribution in [1.29, 1.82) is 0 Å². The summed E-state index contributed by atoms with van der Waals surface area (Å²) in [6.07, 6.45) is 21.5. The van der Waals surface area contributed by atoms with Crippen molar-refractivity contribution in [2.45, 2.75) is 96.8 Å². The molecule has 4 N–H and O–H groups in total. The molecule has 0 amide bonds. The van der Waals surface area contributed by atoms with E-state index >= 15 is 0 Å². The van der Waals surface area contributed by atoms with Crippen LogP contribution in [-0.4, -0.2) is 56.1 Å². The van der Waals surface area contributed by atoms with E-state index < -0.39 is 10.4 Å². The maximum absolute atomic E-state index is 10.3. The average molecular weight is 454 g/mol. The number of hydrogen-bond donors (Lipinski definition) is 4. The lowest BCUT2D eigenvalue weighted by Crippen LogP contribution is -2.21. The average Bonchev–Trinajstić information content (AvgIpc) is 2.70. The largest absolute Gasteiger partial charge is 0.397 e. The van der Waals surface area contributed by atoms with Crippen LogP contribution < -0.4 is 5.32 Å². The van der Waals surface area contributed by atoms with Gasteiger partial charge in [0.25, 0.3) is 0 Å². The fourth-order valence-corrected chi connectivity index (χ4v) is 3.13. The Bertz CT molecular complexity index is 439. The molecule has 182 valence electrons. The van der Waals surface area contributed by atoms with Crippen molar-refractivity contribution in [1.82, 2.24) is 5.32 Å². The molecule has 0 fully saturated rings. The van der Waals surface area contributed by atoms with E-state index in [-0.39, 0.29) is 19.8 Å². The molecule has 0 aliphatic heterocycles. The molecule has 0 aromatic carbocycles. The minimum absolute atomic E-state index is 0.0833. The summed E-state index contributed by atoms with van der Waals surface area (Å²) in [5, 5.41) is 19.1. The molecule has 0 atom stereocenters. The summed E-state index contributed by atoms with van der Waals surface area (Å²) in [6, 6.07) is 0. The van der Waals surface area contributed by atoms with Gasteiger partial charge in [0, 0.05) is 13.1 Å². The molecule has 0 saturated heterocycles. The van der Waals surface area contributed by atoms with Gasteiger partial charge in [-0.25, -0.2) is 4.18 Å². The van der Waals surface area contributed by atoms with Gasteiger partial charge < -0.3 is 15.5 Å². The maximum Gasteiger partial charge on any atom is 0.397 e. The van der Waals surface area contributed by atoms with Gasteiger partial charge in [0.2, 0.25) is 0 Å². The highest BCUT2D eigenvalue weighted by Gasteiger charge is 2.02. The van der Waals surface area contributed by atoms with Crippen LogP contribution in [0.25, 0.3) is 0 Å². The van der Waals surface area contributed by atoms with Crippen LogP contribution in [0.2, 0.25) is 0 Å². The number of hydrogen-bond acceptors (Lipinski definition) is 6. The Hall–Kier alpha value is -0.510. The monoisotopic (exact) mass is 453 g/mol. The van der Waals surface area contributed by atoms with Crippen molar-refractivity contribution in [3.05, 3.63) is 12.2 Å². The molecule has 0 aliphatic carbocycles. The quantitative estimate of drug-likeness (QED) is 0.116. The third-order valence-electron chi connectivity index (χ3n) is 4.47. The number of unbranched alkanes of at least 4 members (excludes halogenated alkanes) is 12. The van der Waals surface area contributed by atoms with Crippen LogP contribution in [0, 0.1) is 0 Å². The van der Waals surface area contributed by atoms with Crippen molar-refractivity contribution in [3.8, 4) is 0 Å². The lowest BCUT2D eigenvalue weighted by molar-refractivity contribution is 0.261. The molecule has 0 radical (unpaired) electrons. The second-order valence-electron chi connectivity index (χ2n) is 7.38. The van der Waals surface area contributed by atoms with E-state index in [1.807, 2.05) is 0 Å². The smallest absolute Gasteiger partial charge is 0.395 e. The van der Waals surface area contributed by atoms with Crippen LogP contribution in [0.3, 0.4) is 0 Å². The molecular formula is C22H47NO6S. The number of nitrogens with one attached hydrogen (secondary N) is 1.